The van der Waals surface area contributed by atoms with E-state index in [0.29, 0.717) is 6.04 Å². The van der Waals surface area contributed by atoms with Crippen LogP contribution in [0.2, 0.25) is 4.34 Å². The molecule has 0 bridgehead atoms. The Morgan fingerprint density at radius 2 is 2.50 bits per heavy atom. The van der Waals surface area contributed by atoms with Crippen LogP contribution in [-0.4, -0.2) is 10.2 Å². The van der Waals surface area contributed by atoms with Gasteiger partial charge in [-0.1, -0.05) is 11.6 Å². The number of nitrogens with one attached hydrogen (secondary N) is 2. The number of H-pyrrole nitrogens is 1. The van der Waals surface area contributed by atoms with Gasteiger partial charge in [0.25, 0.3) is 0 Å². The zero-order chi connectivity index (χ0) is 12.5. The van der Waals surface area contributed by atoms with Gasteiger partial charge in [0.2, 0.25) is 0 Å². The summed E-state index contributed by atoms with van der Waals surface area (Å²) in [4.78, 5) is 1.45. The third-order valence-corrected chi connectivity index (χ3v) is 4.90. The molecule has 0 aromatic carbocycles. The highest BCUT2D eigenvalue weighted by molar-refractivity contribution is 7.16. The molecule has 96 valence electrons. The summed E-state index contributed by atoms with van der Waals surface area (Å²) in [5.41, 5.74) is 3.78. The highest BCUT2D eigenvalue weighted by Crippen LogP contribution is 2.37. The predicted octanol–water partition coefficient (Wildman–Crippen LogP) is 3.60. The molecule has 3 rings (SSSR count). The third-order valence-electron chi connectivity index (χ3n) is 3.56. The molecule has 1 atom stereocenters. The van der Waals surface area contributed by atoms with Crippen molar-refractivity contribution in [2.45, 2.75) is 38.8 Å². The van der Waals surface area contributed by atoms with E-state index in [9.17, 15) is 0 Å². The molecule has 5 heteroatoms. The molecule has 0 saturated heterocycles. The Labute approximate surface area is 116 Å². The second-order valence-corrected chi connectivity index (χ2v) is 6.54. The quantitative estimate of drug-likeness (QED) is 0.902. The monoisotopic (exact) mass is 281 g/mol. The fourth-order valence-corrected chi connectivity index (χ4v) is 3.90. The number of hydrogen-bond donors (Lipinski definition) is 2. The van der Waals surface area contributed by atoms with Gasteiger partial charge in [0, 0.05) is 28.7 Å². The van der Waals surface area contributed by atoms with Crippen molar-refractivity contribution in [3.63, 3.8) is 0 Å². The maximum Gasteiger partial charge on any atom is 0.0934 e. The summed E-state index contributed by atoms with van der Waals surface area (Å²) in [6.07, 6.45) is 5.51. The maximum atomic E-state index is 6.12. The molecule has 0 radical (unpaired) electrons. The molecule has 18 heavy (non-hydrogen) atoms. The number of nitrogens with zero attached hydrogens (tertiary/aromatic N) is 1. The Hall–Kier alpha value is -0.840. The number of aromatic amines is 1. The number of halogens is 1. The van der Waals surface area contributed by atoms with Gasteiger partial charge in [-0.3, -0.25) is 5.10 Å². The lowest BCUT2D eigenvalue weighted by Crippen LogP contribution is -2.23. The first-order valence-electron chi connectivity index (χ1n) is 6.24. The number of rotatable bonds is 3. The van der Waals surface area contributed by atoms with Crippen LogP contribution in [0.1, 0.15) is 40.6 Å². The van der Waals surface area contributed by atoms with E-state index >= 15 is 0 Å². The van der Waals surface area contributed by atoms with Crippen LogP contribution in [-0.2, 0) is 13.0 Å². The highest BCUT2D eigenvalue weighted by atomic mass is 35.5. The van der Waals surface area contributed by atoms with E-state index in [2.05, 4.69) is 28.5 Å². The lowest BCUT2D eigenvalue weighted by Gasteiger charge is -2.23. The van der Waals surface area contributed by atoms with Gasteiger partial charge in [-0.2, -0.15) is 5.10 Å². The summed E-state index contributed by atoms with van der Waals surface area (Å²) in [5.74, 6) is 0. The van der Waals surface area contributed by atoms with Gasteiger partial charge >= 0.3 is 0 Å². The van der Waals surface area contributed by atoms with E-state index in [1.54, 1.807) is 11.3 Å². The summed E-state index contributed by atoms with van der Waals surface area (Å²) in [5, 5.41) is 10.6. The van der Waals surface area contributed by atoms with Crippen LogP contribution in [0.15, 0.2) is 12.3 Å². The van der Waals surface area contributed by atoms with E-state index in [1.807, 2.05) is 6.20 Å². The zero-order valence-electron chi connectivity index (χ0n) is 10.3. The van der Waals surface area contributed by atoms with E-state index in [-0.39, 0.29) is 0 Å². The third kappa shape index (κ3) is 2.32. The molecule has 2 N–H and O–H groups in total. The van der Waals surface area contributed by atoms with Crippen molar-refractivity contribution in [3.8, 4) is 0 Å². The molecule has 0 saturated carbocycles. The largest absolute Gasteiger partial charge is 0.306 e. The fraction of sp³-hybridized carbons (Fsp3) is 0.462. The van der Waals surface area contributed by atoms with Crippen LogP contribution in [0.5, 0.6) is 0 Å². The van der Waals surface area contributed by atoms with Crippen molar-refractivity contribution in [3.05, 3.63) is 38.3 Å². The maximum absolute atomic E-state index is 6.12. The first-order chi connectivity index (χ1) is 8.74. The summed E-state index contributed by atoms with van der Waals surface area (Å²) < 4.78 is 0.910. The Morgan fingerprint density at radius 3 is 3.28 bits per heavy atom. The summed E-state index contributed by atoms with van der Waals surface area (Å²) in [6, 6.07) is 2.56. The van der Waals surface area contributed by atoms with Crippen molar-refractivity contribution >= 4 is 22.9 Å². The predicted molar refractivity (Wildman–Crippen MR) is 75.2 cm³/mol. The average Bonchev–Trinajstić information content (AvgIpc) is 2.91. The van der Waals surface area contributed by atoms with Crippen LogP contribution in [0.25, 0.3) is 0 Å². The Bertz CT molecular complexity index is 546. The zero-order valence-corrected chi connectivity index (χ0v) is 11.9. The molecule has 3 nitrogen and oxygen atoms in total. The summed E-state index contributed by atoms with van der Waals surface area (Å²) in [6.45, 7) is 2.91. The first-order valence-corrected chi connectivity index (χ1v) is 7.44. The topological polar surface area (TPSA) is 40.7 Å². The molecule has 1 aliphatic carbocycles. The average molecular weight is 282 g/mol. The number of hydrogen-bond acceptors (Lipinski definition) is 3. The van der Waals surface area contributed by atoms with Crippen molar-refractivity contribution in [2.75, 3.05) is 0 Å². The van der Waals surface area contributed by atoms with Crippen molar-refractivity contribution in [1.82, 2.24) is 15.5 Å². The molecule has 0 amide bonds. The second-order valence-electron chi connectivity index (χ2n) is 4.77. The molecule has 0 fully saturated rings. The van der Waals surface area contributed by atoms with Gasteiger partial charge in [0.15, 0.2) is 0 Å². The SMILES string of the molecule is Cc1[nH]ncc1CNC1CCCc2sc(Cl)cc21. The highest BCUT2D eigenvalue weighted by Gasteiger charge is 2.22. The van der Waals surface area contributed by atoms with E-state index in [0.717, 1.165) is 16.6 Å². The molecule has 1 aliphatic rings. The van der Waals surface area contributed by atoms with E-state index in [4.69, 9.17) is 11.6 Å². The summed E-state index contributed by atoms with van der Waals surface area (Å²) >= 11 is 7.84. The van der Waals surface area contributed by atoms with E-state index < -0.39 is 0 Å². The summed E-state index contributed by atoms with van der Waals surface area (Å²) in [7, 11) is 0. The van der Waals surface area contributed by atoms with Crippen molar-refractivity contribution < 1.29 is 0 Å². The van der Waals surface area contributed by atoms with Crippen LogP contribution < -0.4 is 5.32 Å². The van der Waals surface area contributed by atoms with Gasteiger partial charge < -0.3 is 5.32 Å². The minimum atomic E-state index is 0.437. The minimum absolute atomic E-state index is 0.437. The first kappa shape index (κ1) is 12.2. The van der Waals surface area contributed by atoms with Crippen LogP contribution >= 0.6 is 22.9 Å². The molecule has 0 spiro atoms. The van der Waals surface area contributed by atoms with Gasteiger partial charge in [-0.05, 0) is 37.8 Å². The van der Waals surface area contributed by atoms with Crippen LogP contribution in [0, 0.1) is 6.92 Å². The van der Waals surface area contributed by atoms with Gasteiger partial charge in [0.1, 0.15) is 0 Å². The normalized spacial score (nSPS) is 18.9. The molecular formula is C13H16ClN3S. The van der Waals surface area contributed by atoms with Crippen LogP contribution in [0.3, 0.4) is 0 Å². The lowest BCUT2D eigenvalue weighted by atomic mass is 9.94. The molecule has 2 heterocycles. The molecule has 0 aliphatic heterocycles. The van der Waals surface area contributed by atoms with Gasteiger partial charge in [0.05, 0.1) is 10.5 Å². The smallest absolute Gasteiger partial charge is 0.0934 e. The number of fused-ring (bicyclic) bond motifs is 1. The van der Waals surface area contributed by atoms with Gasteiger partial charge in [-0.25, -0.2) is 0 Å². The number of aryl methyl sites for hydroxylation is 2. The lowest BCUT2D eigenvalue weighted by molar-refractivity contribution is 0.462. The Kier molecular flexibility index (Phi) is 3.41. The number of thiophene rings is 1. The van der Waals surface area contributed by atoms with Gasteiger partial charge in [-0.15, -0.1) is 11.3 Å². The van der Waals surface area contributed by atoms with Crippen molar-refractivity contribution in [2.24, 2.45) is 0 Å². The van der Waals surface area contributed by atoms with E-state index in [1.165, 1.54) is 35.3 Å². The minimum Gasteiger partial charge on any atom is -0.306 e. The fourth-order valence-electron chi connectivity index (χ4n) is 2.52. The standard InChI is InChI=1S/C13H16ClN3S/c1-8-9(7-16-17-8)6-15-11-3-2-4-12-10(11)5-13(14)18-12/h5,7,11,15H,2-4,6H2,1H3,(H,16,17). The molecule has 1 unspecified atom stereocenters. The second kappa shape index (κ2) is 5.03. The molecule has 2 aromatic heterocycles. The Morgan fingerprint density at radius 1 is 1.61 bits per heavy atom. The van der Waals surface area contributed by atoms with Crippen molar-refractivity contribution in [1.29, 1.82) is 0 Å². The number of aromatic nitrogens is 2. The molecule has 2 aromatic rings. The Balaban J connectivity index is 1.73. The molecular weight excluding hydrogens is 266 g/mol. The van der Waals surface area contributed by atoms with Crippen LogP contribution in [0.4, 0.5) is 0 Å².